The highest BCUT2D eigenvalue weighted by molar-refractivity contribution is 7.89. The van der Waals surface area contributed by atoms with Gasteiger partial charge in [-0.05, 0) is 49.1 Å². The van der Waals surface area contributed by atoms with Gasteiger partial charge in [-0.1, -0.05) is 6.92 Å². The topological polar surface area (TPSA) is 66.5 Å². The van der Waals surface area contributed by atoms with Crippen LogP contribution in [0.25, 0.3) is 0 Å². The number of rotatable bonds is 4. The molecule has 3 rings (SSSR count). The van der Waals surface area contributed by atoms with E-state index in [2.05, 4.69) is 12.2 Å². The maximum absolute atomic E-state index is 12.9. The Balaban J connectivity index is 1.73. The third-order valence-corrected chi connectivity index (χ3v) is 7.24. The van der Waals surface area contributed by atoms with Crippen molar-refractivity contribution in [2.75, 3.05) is 18.4 Å². The minimum absolute atomic E-state index is 0.149. The van der Waals surface area contributed by atoms with Crippen molar-refractivity contribution in [1.29, 1.82) is 0 Å². The molecule has 2 aromatic rings. The summed E-state index contributed by atoms with van der Waals surface area (Å²) in [4.78, 5) is 12.7. The second-order valence-electron chi connectivity index (χ2n) is 6.19. The number of nitrogens with one attached hydrogen (secondary N) is 1. The predicted molar refractivity (Wildman–Crippen MR) is 95.8 cm³/mol. The fraction of sp³-hybridized carbons (Fsp3) is 0.353. The van der Waals surface area contributed by atoms with Crippen LogP contribution in [0.1, 0.15) is 29.4 Å². The van der Waals surface area contributed by atoms with Gasteiger partial charge in [-0.15, -0.1) is 11.3 Å². The normalized spacial score (nSPS) is 16.7. The number of nitrogens with zero attached hydrogens (tertiary/aromatic N) is 1. The van der Waals surface area contributed by atoms with Crippen LogP contribution in [-0.4, -0.2) is 31.7 Å². The van der Waals surface area contributed by atoms with Gasteiger partial charge in [0.25, 0.3) is 5.91 Å². The number of benzene rings is 1. The first-order valence-corrected chi connectivity index (χ1v) is 10.3. The summed E-state index contributed by atoms with van der Waals surface area (Å²) in [6.45, 7) is 3.14. The lowest BCUT2D eigenvalue weighted by Gasteiger charge is -2.29. The quantitative estimate of drug-likeness (QED) is 0.879. The van der Waals surface area contributed by atoms with Gasteiger partial charge in [0.2, 0.25) is 10.0 Å². The van der Waals surface area contributed by atoms with Gasteiger partial charge in [0.15, 0.2) is 0 Å². The van der Waals surface area contributed by atoms with Crippen LogP contribution >= 0.6 is 11.3 Å². The maximum Gasteiger partial charge on any atom is 0.265 e. The van der Waals surface area contributed by atoms with Crippen molar-refractivity contribution >= 4 is 33.0 Å². The van der Waals surface area contributed by atoms with Gasteiger partial charge in [0.05, 0.1) is 9.77 Å². The third-order valence-electron chi connectivity index (χ3n) is 4.28. The van der Waals surface area contributed by atoms with Crippen molar-refractivity contribution < 1.29 is 17.6 Å². The highest BCUT2D eigenvalue weighted by Gasteiger charge is 2.29. The van der Waals surface area contributed by atoms with Crippen LogP contribution < -0.4 is 5.32 Å². The van der Waals surface area contributed by atoms with E-state index in [9.17, 15) is 17.6 Å². The SMILES string of the molecule is CC1CCN(S(=O)(=O)c2csc(C(=O)Nc3ccc(F)cc3)c2)CC1. The molecule has 0 bridgehead atoms. The Morgan fingerprint density at radius 1 is 1.24 bits per heavy atom. The minimum Gasteiger partial charge on any atom is -0.321 e. The Labute approximate surface area is 150 Å². The van der Waals surface area contributed by atoms with Crippen LogP contribution in [0.15, 0.2) is 40.6 Å². The molecule has 1 aromatic heterocycles. The first-order chi connectivity index (χ1) is 11.9. The van der Waals surface area contributed by atoms with E-state index in [-0.39, 0.29) is 4.90 Å². The van der Waals surface area contributed by atoms with Crippen molar-refractivity contribution in [3.63, 3.8) is 0 Å². The number of thiophene rings is 1. The molecule has 1 aromatic carbocycles. The van der Waals surface area contributed by atoms with Gasteiger partial charge in [-0.3, -0.25) is 4.79 Å². The molecule has 8 heteroatoms. The second kappa shape index (κ2) is 7.23. The Kier molecular flexibility index (Phi) is 5.21. The number of piperidine rings is 1. The molecule has 2 heterocycles. The van der Waals surface area contributed by atoms with E-state index >= 15 is 0 Å². The molecule has 0 radical (unpaired) electrons. The molecule has 1 N–H and O–H groups in total. The number of hydrogen-bond acceptors (Lipinski definition) is 4. The average molecular weight is 382 g/mol. The lowest BCUT2D eigenvalue weighted by atomic mass is 10.0. The van der Waals surface area contributed by atoms with Crippen LogP contribution in [0.2, 0.25) is 0 Å². The van der Waals surface area contributed by atoms with E-state index in [1.807, 2.05) is 0 Å². The van der Waals surface area contributed by atoms with Gasteiger partial charge < -0.3 is 5.32 Å². The molecule has 1 aliphatic rings. The summed E-state index contributed by atoms with van der Waals surface area (Å²) < 4.78 is 39.8. The zero-order valence-corrected chi connectivity index (χ0v) is 15.4. The Bertz CT molecular complexity index is 854. The third kappa shape index (κ3) is 4.08. The van der Waals surface area contributed by atoms with Crippen molar-refractivity contribution in [2.45, 2.75) is 24.7 Å². The molecule has 1 fully saturated rings. The summed E-state index contributed by atoms with van der Waals surface area (Å²) in [5, 5.41) is 4.12. The lowest BCUT2D eigenvalue weighted by Crippen LogP contribution is -2.37. The fourth-order valence-corrected chi connectivity index (χ4v) is 5.30. The minimum atomic E-state index is -3.56. The zero-order chi connectivity index (χ0) is 18.0. The fourth-order valence-electron chi connectivity index (χ4n) is 2.67. The molecular formula is C17H19FN2O3S2. The summed E-state index contributed by atoms with van der Waals surface area (Å²) in [6, 6.07) is 6.80. The molecule has 0 spiro atoms. The van der Waals surface area contributed by atoms with E-state index in [1.54, 1.807) is 0 Å². The van der Waals surface area contributed by atoms with Crippen molar-refractivity contribution in [3.8, 4) is 0 Å². The number of carbonyl (C=O) groups is 1. The molecule has 25 heavy (non-hydrogen) atoms. The number of amides is 1. The molecule has 0 atom stereocenters. The lowest BCUT2D eigenvalue weighted by molar-refractivity contribution is 0.103. The van der Waals surface area contributed by atoms with Crippen LogP contribution in [0.3, 0.4) is 0 Å². The highest BCUT2D eigenvalue weighted by Crippen LogP contribution is 2.27. The van der Waals surface area contributed by atoms with Gasteiger partial charge in [-0.2, -0.15) is 4.31 Å². The van der Waals surface area contributed by atoms with E-state index in [1.165, 1.54) is 40.0 Å². The van der Waals surface area contributed by atoms with E-state index in [0.717, 1.165) is 24.2 Å². The maximum atomic E-state index is 12.9. The second-order valence-corrected chi connectivity index (χ2v) is 9.04. The number of carbonyl (C=O) groups excluding carboxylic acids is 1. The van der Waals surface area contributed by atoms with E-state index < -0.39 is 21.7 Å². The number of anilines is 1. The monoisotopic (exact) mass is 382 g/mol. The molecule has 1 saturated heterocycles. The van der Waals surface area contributed by atoms with Gasteiger partial charge in [0, 0.05) is 24.2 Å². The van der Waals surface area contributed by atoms with Crippen LogP contribution in [0.5, 0.6) is 0 Å². The van der Waals surface area contributed by atoms with E-state index in [0.29, 0.717) is 29.6 Å². The largest absolute Gasteiger partial charge is 0.321 e. The van der Waals surface area contributed by atoms with Crippen LogP contribution in [-0.2, 0) is 10.0 Å². The Morgan fingerprint density at radius 3 is 2.52 bits per heavy atom. The summed E-state index contributed by atoms with van der Waals surface area (Å²) in [7, 11) is -3.56. The summed E-state index contributed by atoms with van der Waals surface area (Å²) in [6.07, 6.45) is 1.70. The molecule has 5 nitrogen and oxygen atoms in total. The smallest absolute Gasteiger partial charge is 0.265 e. The first kappa shape index (κ1) is 18.0. The summed E-state index contributed by atoms with van der Waals surface area (Å²) >= 11 is 1.08. The molecule has 0 aliphatic carbocycles. The molecule has 0 saturated carbocycles. The van der Waals surface area contributed by atoms with Crippen molar-refractivity contribution in [2.24, 2.45) is 5.92 Å². The van der Waals surface area contributed by atoms with E-state index in [4.69, 9.17) is 0 Å². The number of halogens is 1. The highest BCUT2D eigenvalue weighted by atomic mass is 32.2. The Morgan fingerprint density at radius 2 is 1.88 bits per heavy atom. The van der Waals surface area contributed by atoms with Crippen LogP contribution in [0, 0.1) is 11.7 Å². The molecule has 0 unspecified atom stereocenters. The standard InChI is InChI=1S/C17H19FN2O3S2/c1-12-6-8-20(9-7-12)25(22,23)15-10-16(24-11-15)17(21)19-14-4-2-13(18)3-5-14/h2-5,10-12H,6-9H2,1H3,(H,19,21). The molecule has 1 amide bonds. The molecule has 1 aliphatic heterocycles. The zero-order valence-electron chi connectivity index (χ0n) is 13.7. The first-order valence-electron chi connectivity index (χ1n) is 8.02. The van der Waals surface area contributed by atoms with Gasteiger partial charge in [-0.25, -0.2) is 12.8 Å². The van der Waals surface area contributed by atoms with Crippen LogP contribution in [0.4, 0.5) is 10.1 Å². The van der Waals surface area contributed by atoms with Crippen molar-refractivity contribution in [1.82, 2.24) is 4.31 Å². The Hall–Kier alpha value is -1.77. The number of sulfonamides is 1. The number of hydrogen-bond donors (Lipinski definition) is 1. The molecule has 134 valence electrons. The summed E-state index contributed by atoms with van der Waals surface area (Å²) in [5.74, 6) is -0.269. The predicted octanol–water partition coefficient (Wildman–Crippen LogP) is 3.56. The molecular weight excluding hydrogens is 363 g/mol. The van der Waals surface area contributed by atoms with Crippen molar-refractivity contribution in [3.05, 3.63) is 46.4 Å². The average Bonchev–Trinajstić information content (AvgIpc) is 3.08. The summed E-state index contributed by atoms with van der Waals surface area (Å²) in [5.41, 5.74) is 0.453. The van der Waals surface area contributed by atoms with Gasteiger partial charge >= 0.3 is 0 Å². The van der Waals surface area contributed by atoms with Gasteiger partial charge in [0.1, 0.15) is 5.82 Å².